The molecule has 7 nitrogen and oxygen atoms in total. The predicted molar refractivity (Wildman–Crippen MR) is 106 cm³/mol. The van der Waals surface area contributed by atoms with Gasteiger partial charge in [-0.05, 0) is 30.7 Å². The lowest BCUT2D eigenvalue weighted by atomic mass is 10.1. The second kappa shape index (κ2) is 8.26. The Bertz CT molecular complexity index is 1040. The maximum Gasteiger partial charge on any atom is 0.306 e. The number of nitrogens with zero attached hydrogens (tertiary/aromatic N) is 2. The summed E-state index contributed by atoms with van der Waals surface area (Å²) in [6, 6.07) is 14.2. The molecule has 2 aromatic carbocycles. The van der Waals surface area contributed by atoms with Crippen LogP contribution in [-0.2, 0) is 20.7 Å². The zero-order valence-electron chi connectivity index (χ0n) is 15.8. The van der Waals surface area contributed by atoms with E-state index in [1.807, 2.05) is 24.3 Å². The van der Waals surface area contributed by atoms with Crippen LogP contribution in [0.1, 0.15) is 35.5 Å². The van der Waals surface area contributed by atoms with E-state index < -0.39 is 5.97 Å². The lowest BCUT2D eigenvalue weighted by Crippen LogP contribution is -2.24. The zero-order valence-corrected chi connectivity index (χ0v) is 15.8. The molecule has 1 amide bonds. The van der Waals surface area contributed by atoms with E-state index >= 15 is 0 Å². The molecule has 0 spiro atoms. The molecule has 0 aliphatic carbocycles. The lowest BCUT2D eigenvalue weighted by molar-refractivity contribution is -0.142. The number of fused-ring (bicyclic) bond motifs is 1. The number of aromatic nitrogens is 1. The number of hydrogen-bond acceptors (Lipinski definition) is 6. The number of carbonyl (C=O) groups excluding carboxylic acids is 3. The summed E-state index contributed by atoms with van der Waals surface area (Å²) in [5.74, 6) is -0.294. The number of Topliss-reactive ketones (excluding diaryl/α,β-unsaturated/α-hetero) is 1. The van der Waals surface area contributed by atoms with E-state index in [0.29, 0.717) is 42.1 Å². The highest BCUT2D eigenvalue weighted by Crippen LogP contribution is 2.22. The number of amides is 1. The van der Waals surface area contributed by atoms with Crippen molar-refractivity contribution in [3.63, 3.8) is 0 Å². The molecular weight excluding hydrogens is 372 g/mol. The fourth-order valence-corrected chi connectivity index (χ4v) is 3.31. The molecule has 29 heavy (non-hydrogen) atoms. The Morgan fingerprint density at radius 2 is 2.00 bits per heavy atom. The first-order valence-corrected chi connectivity index (χ1v) is 9.54. The molecule has 1 saturated heterocycles. The monoisotopic (exact) mass is 392 g/mol. The highest BCUT2D eigenvalue weighted by Gasteiger charge is 2.22. The molecule has 0 bridgehead atoms. The van der Waals surface area contributed by atoms with Gasteiger partial charge in [-0.25, -0.2) is 4.98 Å². The summed E-state index contributed by atoms with van der Waals surface area (Å²) in [6.07, 6.45) is 1.71. The summed E-state index contributed by atoms with van der Waals surface area (Å²) in [5.41, 5.74) is 2.51. The summed E-state index contributed by atoms with van der Waals surface area (Å²) in [4.78, 5) is 42.2. The van der Waals surface area contributed by atoms with Gasteiger partial charge < -0.3 is 14.1 Å². The normalized spacial score (nSPS) is 13.8. The smallest absolute Gasteiger partial charge is 0.306 e. The maximum absolute atomic E-state index is 12.4. The van der Waals surface area contributed by atoms with Crippen LogP contribution >= 0.6 is 0 Å². The summed E-state index contributed by atoms with van der Waals surface area (Å²) >= 11 is 0. The number of carbonyl (C=O) groups is 3. The average Bonchev–Trinajstić information content (AvgIpc) is 3.36. The van der Waals surface area contributed by atoms with E-state index in [1.165, 1.54) is 0 Å². The summed E-state index contributed by atoms with van der Waals surface area (Å²) in [5, 5.41) is 0. The first-order valence-electron chi connectivity index (χ1n) is 9.54. The van der Waals surface area contributed by atoms with Crippen molar-refractivity contribution in [1.29, 1.82) is 0 Å². The summed E-state index contributed by atoms with van der Waals surface area (Å²) < 4.78 is 10.7. The average molecular weight is 392 g/mol. The summed E-state index contributed by atoms with van der Waals surface area (Å²) in [7, 11) is 0. The standard InChI is InChI=1S/C22H20N2O5/c25-18(15-5-3-6-16(13-15)24-12-4-9-21(24)26)14-28-22(27)11-10-20-23-17-7-1-2-8-19(17)29-20/h1-3,5-8,13H,4,9-12,14H2. The van der Waals surface area contributed by atoms with Crippen LogP contribution in [0.5, 0.6) is 0 Å². The highest BCUT2D eigenvalue weighted by atomic mass is 16.5. The molecule has 1 aliphatic rings. The molecule has 0 N–H and O–H groups in total. The van der Waals surface area contributed by atoms with Crippen molar-refractivity contribution in [1.82, 2.24) is 4.98 Å². The van der Waals surface area contributed by atoms with Crippen LogP contribution in [0, 0.1) is 0 Å². The molecule has 1 aromatic heterocycles. The second-order valence-electron chi connectivity index (χ2n) is 6.86. The quantitative estimate of drug-likeness (QED) is 0.453. The number of esters is 1. The van der Waals surface area contributed by atoms with Crippen molar-refractivity contribution in [2.24, 2.45) is 0 Å². The number of oxazole rings is 1. The van der Waals surface area contributed by atoms with Gasteiger partial charge in [0.05, 0.1) is 6.42 Å². The molecule has 0 unspecified atom stereocenters. The Hall–Kier alpha value is -3.48. The fraction of sp³-hybridized carbons (Fsp3) is 0.273. The predicted octanol–water partition coefficient (Wildman–Crippen LogP) is 3.31. The van der Waals surface area contributed by atoms with Crippen LogP contribution < -0.4 is 4.90 Å². The Labute approximate surface area is 167 Å². The van der Waals surface area contributed by atoms with E-state index in [0.717, 1.165) is 11.9 Å². The third-order valence-electron chi connectivity index (χ3n) is 4.80. The van der Waals surface area contributed by atoms with Gasteiger partial charge in [-0.1, -0.05) is 24.3 Å². The van der Waals surface area contributed by atoms with Gasteiger partial charge in [0.2, 0.25) is 5.91 Å². The van der Waals surface area contributed by atoms with Gasteiger partial charge in [-0.2, -0.15) is 0 Å². The molecule has 0 radical (unpaired) electrons. The van der Waals surface area contributed by atoms with Crippen molar-refractivity contribution in [2.45, 2.75) is 25.7 Å². The molecule has 4 rings (SSSR count). The van der Waals surface area contributed by atoms with E-state index in [-0.39, 0.29) is 24.7 Å². The topological polar surface area (TPSA) is 89.7 Å². The minimum atomic E-state index is -0.494. The van der Waals surface area contributed by atoms with Crippen molar-refractivity contribution in [2.75, 3.05) is 18.1 Å². The fourth-order valence-electron chi connectivity index (χ4n) is 3.31. The van der Waals surface area contributed by atoms with Gasteiger partial charge >= 0.3 is 5.97 Å². The largest absolute Gasteiger partial charge is 0.457 e. The minimum absolute atomic E-state index is 0.0558. The number of aryl methyl sites for hydroxylation is 1. The number of benzene rings is 2. The number of rotatable bonds is 7. The van der Waals surface area contributed by atoms with Gasteiger partial charge in [-0.3, -0.25) is 14.4 Å². The van der Waals surface area contributed by atoms with Gasteiger partial charge in [0.15, 0.2) is 23.9 Å². The molecule has 2 heterocycles. The van der Waals surface area contributed by atoms with Gasteiger partial charge in [0.1, 0.15) is 5.52 Å². The number of para-hydroxylation sites is 2. The Balaban J connectivity index is 1.30. The highest BCUT2D eigenvalue weighted by molar-refractivity contribution is 6.01. The third kappa shape index (κ3) is 4.34. The number of ether oxygens (including phenoxy) is 1. The molecular formula is C22H20N2O5. The Morgan fingerprint density at radius 3 is 2.79 bits per heavy atom. The minimum Gasteiger partial charge on any atom is -0.457 e. The van der Waals surface area contributed by atoms with Crippen LogP contribution in [0.4, 0.5) is 5.69 Å². The van der Waals surface area contributed by atoms with Crippen LogP contribution in [0.25, 0.3) is 11.1 Å². The molecule has 1 aliphatic heterocycles. The van der Waals surface area contributed by atoms with Crippen LogP contribution in [0.3, 0.4) is 0 Å². The maximum atomic E-state index is 12.4. The second-order valence-corrected chi connectivity index (χ2v) is 6.86. The SMILES string of the molecule is O=C(CCc1nc2ccccc2o1)OCC(=O)c1cccc(N2CCCC2=O)c1. The van der Waals surface area contributed by atoms with Crippen LogP contribution in [-0.4, -0.2) is 35.8 Å². The van der Waals surface area contributed by atoms with E-state index in [2.05, 4.69) is 4.98 Å². The van der Waals surface area contributed by atoms with Crippen molar-refractivity contribution in [3.05, 3.63) is 60.0 Å². The molecule has 148 valence electrons. The lowest BCUT2D eigenvalue weighted by Gasteiger charge is -2.16. The Kier molecular flexibility index (Phi) is 5.37. The zero-order chi connectivity index (χ0) is 20.2. The number of hydrogen-bond donors (Lipinski definition) is 0. The van der Waals surface area contributed by atoms with Gasteiger partial charge in [-0.15, -0.1) is 0 Å². The number of ketones is 1. The van der Waals surface area contributed by atoms with Gasteiger partial charge in [0.25, 0.3) is 0 Å². The van der Waals surface area contributed by atoms with Crippen molar-refractivity contribution in [3.8, 4) is 0 Å². The molecule has 3 aromatic rings. The van der Waals surface area contributed by atoms with Crippen molar-refractivity contribution < 1.29 is 23.5 Å². The van der Waals surface area contributed by atoms with Crippen LogP contribution in [0.15, 0.2) is 52.9 Å². The van der Waals surface area contributed by atoms with E-state index in [9.17, 15) is 14.4 Å². The summed E-state index contributed by atoms with van der Waals surface area (Å²) in [6.45, 7) is 0.311. The van der Waals surface area contributed by atoms with E-state index in [1.54, 1.807) is 29.2 Å². The first kappa shape index (κ1) is 18.9. The number of anilines is 1. The molecule has 7 heteroatoms. The van der Waals surface area contributed by atoms with Crippen molar-refractivity contribution >= 4 is 34.4 Å². The van der Waals surface area contributed by atoms with Crippen LogP contribution in [0.2, 0.25) is 0 Å². The first-order chi connectivity index (χ1) is 14.1. The molecule has 0 atom stereocenters. The molecule has 0 saturated carbocycles. The van der Waals surface area contributed by atoms with Gasteiger partial charge in [0, 0.05) is 30.6 Å². The third-order valence-corrected chi connectivity index (χ3v) is 4.80. The Morgan fingerprint density at radius 1 is 1.14 bits per heavy atom. The molecule has 1 fully saturated rings. The van der Waals surface area contributed by atoms with E-state index in [4.69, 9.17) is 9.15 Å².